The zero-order valence-corrected chi connectivity index (χ0v) is 9.04. The minimum atomic E-state index is -0.0721. The molecule has 0 saturated carbocycles. The fourth-order valence-electron chi connectivity index (χ4n) is 1.20. The molecule has 0 atom stereocenters. The summed E-state index contributed by atoms with van der Waals surface area (Å²) in [6, 6.07) is 9.55. The molecule has 1 heterocycles. The molecular formula is C11H10N2OS. The fraction of sp³-hybridized carbons (Fsp3) is 0.0909. The zero-order chi connectivity index (χ0) is 10.7. The van der Waals surface area contributed by atoms with Crippen LogP contribution in [0.15, 0.2) is 46.3 Å². The van der Waals surface area contributed by atoms with Crippen LogP contribution in [0.25, 0.3) is 0 Å². The van der Waals surface area contributed by atoms with Gasteiger partial charge in [-0.3, -0.25) is 4.79 Å². The zero-order valence-electron chi connectivity index (χ0n) is 8.23. The molecule has 0 bridgehead atoms. The number of thioether (sulfide) groups is 1. The van der Waals surface area contributed by atoms with Gasteiger partial charge >= 0.3 is 0 Å². The van der Waals surface area contributed by atoms with Gasteiger partial charge in [0.15, 0.2) is 5.17 Å². The minimum absolute atomic E-state index is 0.0721. The third-order valence-corrected chi connectivity index (χ3v) is 2.93. The highest BCUT2D eigenvalue weighted by Gasteiger charge is 2.22. The number of para-hydroxylation sites is 1. The number of rotatable bonds is 1. The molecule has 2 rings (SSSR count). The second-order valence-corrected chi connectivity index (χ2v) is 3.99. The highest BCUT2D eigenvalue weighted by molar-refractivity contribution is 8.18. The van der Waals surface area contributed by atoms with Crippen LogP contribution in [0.4, 0.5) is 5.69 Å². The average Bonchev–Trinajstić information content (AvgIpc) is 2.60. The van der Waals surface area contributed by atoms with Crippen LogP contribution in [-0.4, -0.2) is 11.1 Å². The van der Waals surface area contributed by atoms with Gasteiger partial charge in [-0.1, -0.05) is 24.3 Å². The Morgan fingerprint density at radius 3 is 2.67 bits per heavy atom. The maximum atomic E-state index is 11.3. The van der Waals surface area contributed by atoms with Crippen LogP contribution >= 0.6 is 11.8 Å². The van der Waals surface area contributed by atoms with Gasteiger partial charge in [0.05, 0.1) is 10.6 Å². The second-order valence-electron chi connectivity index (χ2n) is 2.96. The Bertz CT molecular complexity index is 437. The number of allylic oxidation sites excluding steroid dienone is 1. The summed E-state index contributed by atoms with van der Waals surface area (Å²) in [6.07, 6.45) is 1.79. The van der Waals surface area contributed by atoms with Crippen molar-refractivity contribution in [1.82, 2.24) is 5.32 Å². The first-order chi connectivity index (χ1) is 7.29. The second kappa shape index (κ2) is 4.31. The fourth-order valence-corrected chi connectivity index (χ4v) is 1.96. The Morgan fingerprint density at radius 2 is 2.07 bits per heavy atom. The number of amidine groups is 1. The van der Waals surface area contributed by atoms with E-state index in [0.29, 0.717) is 10.1 Å². The molecular weight excluding hydrogens is 208 g/mol. The van der Waals surface area contributed by atoms with Gasteiger partial charge < -0.3 is 5.32 Å². The lowest BCUT2D eigenvalue weighted by atomic mass is 10.3. The first-order valence-electron chi connectivity index (χ1n) is 4.59. The van der Waals surface area contributed by atoms with Gasteiger partial charge in [0.25, 0.3) is 5.91 Å². The van der Waals surface area contributed by atoms with Crippen molar-refractivity contribution < 1.29 is 4.79 Å². The number of aliphatic imine (C=N–C) groups is 1. The molecule has 1 aromatic carbocycles. The van der Waals surface area contributed by atoms with Gasteiger partial charge in [0.1, 0.15) is 0 Å². The van der Waals surface area contributed by atoms with E-state index in [2.05, 4.69) is 10.3 Å². The molecule has 1 amide bonds. The van der Waals surface area contributed by atoms with Gasteiger partial charge in [0, 0.05) is 0 Å². The molecule has 4 heteroatoms. The lowest BCUT2D eigenvalue weighted by molar-refractivity contribution is -0.115. The van der Waals surface area contributed by atoms with Crippen LogP contribution in [0.1, 0.15) is 6.92 Å². The maximum Gasteiger partial charge on any atom is 0.263 e. The van der Waals surface area contributed by atoms with E-state index in [1.165, 1.54) is 11.8 Å². The molecule has 1 saturated heterocycles. The predicted molar refractivity (Wildman–Crippen MR) is 63.0 cm³/mol. The molecule has 76 valence electrons. The minimum Gasteiger partial charge on any atom is -0.300 e. The van der Waals surface area contributed by atoms with Crippen LogP contribution in [0.2, 0.25) is 0 Å². The summed E-state index contributed by atoms with van der Waals surface area (Å²) in [6.45, 7) is 1.84. The molecule has 15 heavy (non-hydrogen) atoms. The first kappa shape index (κ1) is 9.98. The van der Waals surface area contributed by atoms with Gasteiger partial charge in [0.2, 0.25) is 0 Å². The monoisotopic (exact) mass is 218 g/mol. The maximum absolute atomic E-state index is 11.3. The van der Waals surface area contributed by atoms with Crippen LogP contribution in [0, 0.1) is 0 Å². The topological polar surface area (TPSA) is 41.5 Å². The van der Waals surface area contributed by atoms with Crippen molar-refractivity contribution in [2.24, 2.45) is 4.99 Å². The molecule has 0 unspecified atom stereocenters. The van der Waals surface area contributed by atoms with Crippen molar-refractivity contribution in [1.29, 1.82) is 0 Å². The van der Waals surface area contributed by atoms with Gasteiger partial charge in [-0.25, -0.2) is 4.99 Å². The third kappa shape index (κ3) is 2.27. The summed E-state index contributed by atoms with van der Waals surface area (Å²) < 4.78 is 0. The van der Waals surface area contributed by atoms with E-state index in [4.69, 9.17) is 0 Å². The lowest BCUT2D eigenvalue weighted by Gasteiger charge is -1.94. The predicted octanol–water partition coefficient (Wildman–Crippen LogP) is 2.44. The smallest absolute Gasteiger partial charge is 0.263 e. The van der Waals surface area contributed by atoms with E-state index in [1.807, 2.05) is 37.3 Å². The van der Waals surface area contributed by atoms with Crippen molar-refractivity contribution in [2.75, 3.05) is 0 Å². The average molecular weight is 218 g/mol. The van der Waals surface area contributed by atoms with E-state index in [9.17, 15) is 4.79 Å². The standard InChI is InChI=1S/C11H10N2OS/c1-2-9-10(14)13-11(15-9)12-8-6-4-3-5-7-8/h2-7H,1H3,(H,12,13,14)/b9-2-. The van der Waals surface area contributed by atoms with E-state index < -0.39 is 0 Å². The Labute approximate surface area is 92.3 Å². The van der Waals surface area contributed by atoms with Crippen molar-refractivity contribution in [3.63, 3.8) is 0 Å². The van der Waals surface area contributed by atoms with E-state index in [1.54, 1.807) is 6.08 Å². The SMILES string of the molecule is C/C=C1\SC(=Nc2ccccc2)NC1=O. The molecule has 0 aliphatic carbocycles. The highest BCUT2D eigenvalue weighted by Crippen LogP contribution is 2.25. The van der Waals surface area contributed by atoms with Gasteiger partial charge in [-0.05, 0) is 30.8 Å². The van der Waals surface area contributed by atoms with Crippen molar-refractivity contribution in [3.05, 3.63) is 41.3 Å². The molecule has 1 N–H and O–H groups in total. The molecule has 1 aliphatic rings. The Kier molecular flexibility index (Phi) is 2.87. The van der Waals surface area contributed by atoms with E-state index in [-0.39, 0.29) is 5.91 Å². The molecule has 0 aromatic heterocycles. The molecule has 3 nitrogen and oxygen atoms in total. The van der Waals surface area contributed by atoms with Crippen LogP contribution < -0.4 is 5.32 Å². The van der Waals surface area contributed by atoms with Gasteiger partial charge in [-0.2, -0.15) is 0 Å². The third-order valence-electron chi connectivity index (χ3n) is 1.90. The van der Waals surface area contributed by atoms with Crippen LogP contribution in [0.5, 0.6) is 0 Å². The molecule has 1 fully saturated rings. The Morgan fingerprint density at radius 1 is 1.33 bits per heavy atom. The first-order valence-corrected chi connectivity index (χ1v) is 5.40. The summed E-state index contributed by atoms with van der Waals surface area (Å²) in [5, 5.41) is 3.35. The Balaban J connectivity index is 2.21. The normalized spacial score (nSPS) is 21.0. The van der Waals surface area contributed by atoms with Crippen molar-refractivity contribution >= 4 is 28.5 Å². The van der Waals surface area contributed by atoms with Crippen LogP contribution in [-0.2, 0) is 4.79 Å². The summed E-state index contributed by atoms with van der Waals surface area (Å²) in [5.74, 6) is -0.0721. The largest absolute Gasteiger partial charge is 0.300 e. The molecule has 1 aromatic rings. The highest BCUT2D eigenvalue weighted by atomic mass is 32.2. The number of carbonyl (C=O) groups excluding carboxylic acids is 1. The van der Waals surface area contributed by atoms with Crippen molar-refractivity contribution in [2.45, 2.75) is 6.92 Å². The molecule has 1 aliphatic heterocycles. The number of amides is 1. The number of carbonyl (C=O) groups is 1. The lowest BCUT2D eigenvalue weighted by Crippen LogP contribution is -2.19. The van der Waals surface area contributed by atoms with Gasteiger partial charge in [-0.15, -0.1) is 0 Å². The van der Waals surface area contributed by atoms with Crippen LogP contribution in [0.3, 0.4) is 0 Å². The summed E-state index contributed by atoms with van der Waals surface area (Å²) in [7, 11) is 0. The number of benzene rings is 1. The number of hydrogen-bond acceptors (Lipinski definition) is 3. The molecule has 0 spiro atoms. The quantitative estimate of drug-likeness (QED) is 0.735. The molecule has 0 radical (unpaired) electrons. The Hall–Kier alpha value is -1.55. The number of nitrogens with one attached hydrogen (secondary N) is 1. The van der Waals surface area contributed by atoms with E-state index >= 15 is 0 Å². The number of hydrogen-bond donors (Lipinski definition) is 1. The summed E-state index contributed by atoms with van der Waals surface area (Å²) >= 11 is 1.36. The van der Waals surface area contributed by atoms with Crippen molar-refractivity contribution in [3.8, 4) is 0 Å². The summed E-state index contributed by atoms with van der Waals surface area (Å²) in [5.41, 5.74) is 0.845. The van der Waals surface area contributed by atoms with E-state index in [0.717, 1.165) is 5.69 Å². The number of nitrogens with zero attached hydrogens (tertiary/aromatic N) is 1. The summed E-state index contributed by atoms with van der Waals surface area (Å²) in [4.78, 5) is 16.3.